The van der Waals surface area contributed by atoms with Gasteiger partial charge >= 0.3 is 0 Å². The number of hydrogen-bond donors (Lipinski definition) is 1. The largest absolute Gasteiger partial charge is 0.490 e. The van der Waals surface area contributed by atoms with E-state index in [1.54, 1.807) is 0 Å². The van der Waals surface area contributed by atoms with Gasteiger partial charge in [-0.3, -0.25) is 0 Å². The number of ether oxygens (including phenoxy) is 1. The van der Waals surface area contributed by atoms with E-state index in [0.29, 0.717) is 11.5 Å². The predicted octanol–water partition coefficient (Wildman–Crippen LogP) is 4.03. The Hall–Kier alpha value is -0.730. The predicted molar refractivity (Wildman–Crippen MR) is 78.9 cm³/mol. The van der Waals surface area contributed by atoms with Gasteiger partial charge in [0.25, 0.3) is 0 Å². The van der Waals surface area contributed by atoms with Crippen molar-refractivity contribution < 1.29 is 4.74 Å². The first-order valence-electron chi connectivity index (χ1n) is 7.39. The van der Waals surface area contributed by atoms with Gasteiger partial charge in [0, 0.05) is 5.02 Å². The number of rotatable bonds is 2. The Morgan fingerprint density at radius 3 is 2.26 bits per heavy atom. The van der Waals surface area contributed by atoms with Crippen LogP contribution in [0.2, 0.25) is 5.02 Å². The summed E-state index contributed by atoms with van der Waals surface area (Å²) in [5, 5.41) is 4.24. The summed E-state index contributed by atoms with van der Waals surface area (Å²) in [4.78, 5) is 0. The lowest BCUT2D eigenvalue weighted by Gasteiger charge is -2.43. The third kappa shape index (κ3) is 3.24. The molecule has 2 aliphatic rings. The van der Waals surface area contributed by atoms with E-state index in [1.807, 2.05) is 24.3 Å². The number of nitrogens with one attached hydrogen (secondary N) is 1. The summed E-state index contributed by atoms with van der Waals surface area (Å²) in [6.45, 7) is 2.39. The first kappa shape index (κ1) is 13.3. The van der Waals surface area contributed by atoms with E-state index in [1.165, 1.54) is 51.6 Å². The van der Waals surface area contributed by atoms with Crippen LogP contribution < -0.4 is 10.1 Å². The number of halogens is 1. The van der Waals surface area contributed by atoms with Crippen molar-refractivity contribution in [2.75, 3.05) is 13.1 Å². The topological polar surface area (TPSA) is 21.3 Å². The second-order valence-electron chi connectivity index (χ2n) is 6.02. The first-order chi connectivity index (χ1) is 9.26. The molecular weight excluding hydrogens is 258 g/mol. The molecule has 0 bridgehead atoms. The molecule has 2 nitrogen and oxygen atoms in total. The van der Waals surface area contributed by atoms with E-state index in [2.05, 4.69) is 5.32 Å². The van der Waals surface area contributed by atoms with Gasteiger partial charge in [-0.25, -0.2) is 0 Å². The van der Waals surface area contributed by atoms with Gasteiger partial charge < -0.3 is 10.1 Å². The molecule has 1 aliphatic heterocycles. The molecule has 0 radical (unpaired) electrons. The number of piperidine rings is 1. The van der Waals surface area contributed by atoms with E-state index in [0.717, 1.165) is 10.8 Å². The van der Waals surface area contributed by atoms with Gasteiger partial charge in [0.05, 0.1) is 6.10 Å². The fourth-order valence-corrected chi connectivity index (χ4v) is 3.61. The minimum Gasteiger partial charge on any atom is -0.490 e. The molecule has 0 aromatic heterocycles. The molecule has 2 fully saturated rings. The second-order valence-corrected chi connectivity index (χ2v) is 6.46. The molecular formula is C16H22ClNO. The molecule has 1 spiro atoms. The van der Waals surface area contributed by atoms with Crippen LogP contribution >= 0.6 is 11.6 Å². The standard InChI is InChI=1S/C16H22ClNO/c17-13-1-3-14(4-2-13)19-15-5-7-16(8-6-15)9-11-18-12-10-16/h1-4,15,18H,5-12H2. The lowest BCUT2D eigenvalue weighted by atomic mass is 9.68. The zero-order valence-corrected chi connectivity index (χ0v) is 12.1. The van der Waals surface area contributed by atoms with E-state index in [-0.39, 0.29) is 0 Å². The Labute approximate surface area is 120 Å². The van der Waals surface area contributed by atoms with Crippen LogP contribution in [0.1, 0.15) is 38.5 Å². The minimum atomic E-state index is 0.390. The summed E-state index contributed by atoms with van der Waals surface area (Å²) in [5.41, 5.74) is 0.616. The molecule has 0 amide bonds. The Kier molecular flexibility index (Phi) is 3.99. The van der Waals surface area contributed by atoms with Gasteiger partial charge in [-0.2, -0.15) is 0 Å². The van der Waals surface area contributed by atoms with E-state index in [9.17, 15) is 0 Å². The highest BCUT2D eigenvalue weighted by Crippen LogP contribution is 2.43. The summed E-state index contributed by atoms with van der Waals surface area (Å²) >= 11 is 5.89. The zero-order chi connectivity index (χ0) is 13.1. The average Bonchev–Trinajstić information content (AvgIpc) is 2.45. The van der Waals surface area contributed by atoms with Crippen molar-refractivity contribution in [3.05, 3.63) is 29.3 Å². The molecule has 1 saturated heterocycles. The van der Waals surface area contributed by atoms with Gasteiger partial charge in [-0.05, 0) is 81.3 Å². The quantitative estimate of drug-likeness (QED) is 0.882. The monoisotopic (exact) mass is 279 g/mol. The highest BCUT2D eigenvalue weighted by Gasteiger charge is 2.36. The summed E-state index contributed by atoms with van der Waals surface area (Å²) in [7, 11) is 0. The molecule has 1 aromatic rings. The van der Waals surface area contributed by atoms with E-state index < -0.39 is 0 Å². The molecule has 19 heavy (non-hydrogen) atoms. The van der Waals surface area contributed by atoms with Gasteiger partial charge in [0.1, 0.15) is 5.75 Å². The van der Waals surface area contributed by atoms with Crippen molar-refractivity contribution >= 4 is 11.6 Å². The van der Waals surface area contributed by atoms with Crippen LogP contribution in [0, 0.1) is 5.41 Å². The third-order valence-corrected chi connectivity index (χ3v) is 5.03. The van der Waals surface area contributed by atoms with E-state index >= 15 is 0 Å². The van der Waals surface area contributed by atoms with Crippen molar-refractivity contribution in [1.82, 2.24) is 5.32 Å². The molecule has 0 atom stereocenters. The SMILES string of the molecule is Clc1ccc(OC2CCC3(CCNCC3)CC2)cc1. The first-order valence-corrected chi connectivity index (χ1v) is 7.77. The molecule has 1 heterocycles. The van der Waals surface area contributed by atoms with Crippen molar-refractivity contribution in [2.24, 2.45) is 5.41 Å². The molecule has 1 aromatic carbocycles. The summed E-state index contributed by atoms with van der Waals surface area (Å²) in [6, 6.07) is 7.73. The maximum atomic E-state index is 6.07. The van der Waals surface area contributed by atoms with Crippen LogP contribution in [-0.2, 0) is 0 Å². The van der Waals surface area contributed by atoms with Crippen LogP contribution in [0.4, 0.5) is 0 Å². The normalized spacial score (nSPS) is 23.4. The Morgan fingerprint density at radius 2 is 1.63 bits per heavy atom. The lowest BCUT2D eigenvalue weighted by Crippen LogP contribution is -2.40. The van der Waals surface area contributed by atoms with Crippen molar-refractivity contribution in [3.8, 4) is 5.75 Å². The van der Waals surface area contributed by atoms with Gasteiger partial charge in [-0.1, -0.05) is 11.6 Å². The smallest absolute Gasteiger partial charge is 0.119 e. The summed E-state index contributed by atoms with van der Waals surface area (Å²) in [5.74, 6) is 0.954. The van der Waals surface area contributed by atoms with Crippen LogP contribution in [-0.4, -0.2) is 19.2 Å². The summed E-state index contributed by atoms with van der Waals surface area (Å²) < 4.78 is 6.07. The van der Waals surface area contributed by atoms with E-state index in [4.69, 9.17) is 16.3 Å². The van der Waals surface area contributed by atoms with Crippen molar-refractivity contribution in [3.63, 3.8) is 0 Å². The molecule has 1 saturated carbocycles. The van der Waals surface area contributed by atoms with Crippen LogP contribution in [0.15, 0.2) is 24.3 Å². The number of benzene rings is 1. The number of hydrogen-bond acceptors (Lipinski definition) is 2. The molecule has 3 heteroatoms. The molecule has 3 rings (SSSR count). The minimum absolute atomic E-state index is 0.390. The molecule has 0 unspecified atom stereocenters. The van der Waals surface area contributed by atoms with Crippen LogP contribution in [0.3, 0.4) is 0 Å². The lowest BCUT2D eigenvalue weighted by molar-refractivity contribution is 0.0572. The van der Waals surface area contributed by atoms with Gasteiger partial charge in [0.15, 0.2) is 0 Å². The summed E-state index contributed by atoms with van der Waals surface area (Å²) in [6.07, 6.45) is 8.13. The Bertz CT molecular complexity index is 401. The fourth-order valence-electron chi connectivity index (χ4n) is 3.48. The molecule has 104 valence electrons. The zero-order valence-electron chi connectivity index (χ0n) is 11.3. The van der Waals surface area contributed by atoms with Gasteiger partial charge in [0.2, 0.25) is 0 Å². The molecule has 1 aliphatic carbocycles. The van der Waals surface area contributed by atoms with Crippen molar-refractivity contribution in [2.45, 2.75) is 44.6 Å². The fraction of sp³-hybridized carbons (Fsp3) is 0.625. The highest BCUT2D eigenvalue weighted by atomic mass is 35.5. The highest BCUT2D eigenvalue weighted by molar-refractivity contribution is 6.30. The Morgan fingerprint density at radius 1 is 1.00 bits per heavy atom. The second kappa shape index (κ2) is 5.72. The van der Waals surface area contributed by atoms with Crippen molar-refractivity contribution in [1.29, 1.82) is 0 Å². The average molecular weight is 280 g/mol. The van der Waals surface area contributed by atoms with Crippen LogP contribution in [0.25, 0.3) is 0 Å². The molecule has 1 N–H and O–H groups in total. The maximum absolute atomic E-state index is 6.07. The van der Waals surface area contributed by atoms with Crippen LogP contribution in [0.5, 0.6) is 5.75 Å². The Balaban J connectivity index is 1.54. The maximum Gasteiger partial charge on any atom is 0.119 e. The van der Waals surface area contributed by atoms with Gasteiger partial charge in [-0.15, -0.1) is 0 Å². The third-order valence-electron chi connectivity index (χ3n) is 4.77.